The van der Waals surface area contributed by atoms with E-state index < -0.39 is 10.0 Å². The van der Waals surface area contributed by atoms with Gasteiger partial charge < -0.3 is 5.32 Å². The molecular weight excluding hydrogens is 268 g/mol. The van der Waals surface area contributed by atoms with E-state index in [9.17, 15) is 8.42 Å². The molecule has 2 heterocycles. The highest BCUT2D eigenvalue weighted by Gasteiger charge is 2.26. The third-order valence-electron chi connectivity index (χ3n) is 3.38. The van der Waals surface area contributed by atoms with Crippen molar-refractivity contribution in [2.45, 2.75) is 38.0 Å². The molecule has 4 nitrogen and oxygen atoms in total. The summed E-state index contributed by atoms with van der Waals surface area (Å²) in [5.41, 5.74) is 1.24. The first kappa shape index (κ1) is 14.0. The van der Waals surface area contributed by atoms with Gasteiger partial charge in [0.25, 0.3) is 0 Å². The average molecular weight is 288 g/mol. The Labute approximate surface area is 113 Å². The Hall–Kier alpha value is -0.430. The molecule has 1 aliphatic heterocycles. The molecule has 6 heteroatoms. The molecule has 1 fully saturated rings. The fourth-order valence-corrected chi connectivity index (χ4v) is 4.67. The number of piperidine rings is 1. The summed E-state index contributed by atoms with van der Waals surface area (Å²) >= 11 is 1.62. The number of nitrogens with one attached hydrogen (secondary N) is 2. The summed E-state index contributed by atoms with van der Waals surface area (Å²) in [6.07, 6.45) is 2.37. The van der Waals surface area contributed by atoms with Crippen molar-refractivity contribution in [1.29, 1.82) is 0 Å². The van der Waals surface area contributed by atoms with Crippen LogP contribution in [0.5, 0.6) is 0 Å². The van der Waals surface area contributed by atoms with Gasteiger partial charge in [-0.1, -0.05) is 6.92 Å². The van der Waals surface area contributed by atoms with E-state index in [0.29, 0.717) is 19.4 Å². The maximum atomic E-state index is 12.1. The van der Waals surface area contributed by atoms with E-state index in [1.54, 1.807) is 11.3 Å². The standard InChI is InChI=1S/C12H20N2O2S2/c1-2-10-5-8-17-12(10)9-14-18(15,16)11-3-6-13-7-4-11/h5,8,11,13-14H,2-4,6-7,9H2,1H3. The minimum Gasteiger partial charge on any atom is -0.317 e. The molecular formula is C12H20N2O2S2. The van der Waals surface area contributed by atoms with Crippen LogP contribution in [0.15, 0.2) is 11.4 Å². The molecule has 1 aromatic heterocycles. The summed E-state index contributed by atoms with van der Waals surface area (Å²) in [4.78, 5) is 1.13. The second kappa shape index (κ2) is 6.14. The first-order valence-electron chi connectivity index (χ1n) is 6.38. The predicted octanol–water partition coefficient (Wildman–Crippen LogP) is 1.48. The largest absolute Gasteiger partial charge is 0.317 e. The van der Waals surface area contributed by atoms with Crippen molar-refractivity contribution >= 4 is 21.4 Å². The van der Waals surface area contributed by atoms with Crippen LogP contribution in [0.3, 0.4) is 0 Å². The predicted molar refractivity (Wildman–Crippen MR) is 75.3 cm³/mol. The first-order chi connectivity index (χ1) is 8.63. The maximum Gasteiger partial charge on any atom is 0.214 e. The van der Waals surface area contributed by atoms with E-state index in [1.807, 2.05) is 5.38 Å². The monoisotopic (exact) mass is 288 g/mol. The molecule has 0 saturated carbocycles. The quantitative estimate of drug-likeness (QED) is 0.863. The van der Waals surface area contributed by atoms with Crippen molar-refractivity contribution in [3.8, 4) is 0 Å². The van der Waals surface area contributed by atoms with Gasteiger partial charge in [0.2, 0.25) is 10.0 Å². The van der Waals surface area contributed by atoms with E-state index in [1.165, 1.54) is 5.56 Å². The van der Waals surface area contributed by atoms with Crippen LogP contribution in [-0.2, 0) is 23.0 Å². The summed E-state index contributed by atoms with van der Waals surface area (Å²) < 4.78 is 27.1. The Bertz CT molecular complexity index is 476. The number of hydrogen-bond donors (Lipinski definition) is 2. The number of thiophene rings is 1. The Kier molecular flexibility index (Phi) is 4.77. The lowest BCUT2D eigenvalue weighted by Crippen LogP contribution is -2.41. The van der Waals surface area contributed by atoms with E-state index in [-0.39, 0.29) is 5.25 Å². The molecule has 1 aliphatic rings. The molecule has 0 atom stereocenters. The minimum absolute atomic E-state index is 0.233. The van der Waals surface area contributed by atoms with Crippen LogP contribution in [0.2, 0.25) is 0 Å². The zero-order chi connectivity index (χ0) is 13.0. The normalized spacial score (nSPS) is 18.1. The van der Waals surface area contributed by atoms with Gasteiger partial charge in [-0.25, -0.2) is 13.1 Å². The molecule has 0 radical (unpaired) electrons. The lowest BCUT2D eigenvalue weighted by Gasteiger charge is -2.22. The molecule has 0 bridgehead atoms. The highest BCUT2D eigenvalue weighted by molar-refractivity contribution is 7.90. The molecule has 0 aliphatic carbocycles. The van der Waals surface area contributed by atoms with Gasteiger partial charge in [-0.15, -0.1) is 11.3 Å². The molecule has 18 heavy (non-hydrogen) atoms. The number of aryl methyl sites for hydroxylation is 1. The Morgan fingerprint density at radius 2 is 2.17 bits per heavy atom. The van der Waals surface area contributed by atoms with Gasteiger partial charge >= 0.3 is 0 Å². The van der Waals surface area contributed by atoms with E-state index in [2.05, 4.69) is 23.0 Å². The van der Waals surface area contributed by atoms with E-state index in [0.717, 1.165) is 24.4 Å². The van der Waals surface area contributed by atoms with Crippen LogP contribution in [0, 0.1) is 0 Å². The smallest absolute Gasteiger partial charge is 0.214 e. The molecule has 1 saturated heterocycles. The zero-order valence-corrected chi connectivity index (χ0v) is 12.2. The number of hydrogen-bond acceptors (Lipinski definition) is 4. The van der Waals surface area contributed by atoms with Crippen LogP contribution >= 0.6 is 11.3 Å². The highest BCUT2D eigenvalue weighted by atomic mass is 32.2. The van der Waals surface area contributed by atoms with Gasteiger partial charge in [-0.3, -0.25) is 0 Å². The second-order valence-corrected chi connectivity index (χ2v) is 7.58. The summed E-state index contributed by atoms with van der Waals surface area (Å²) in [6, 6.07) is 2.07. The third kappa shape index (κ3) is 3.32. The Balaban J connectivity index is 1.96. The van der Waals surface area contributed by atoms with E-state index in [4.69, 9.17) is 0 Å². The van der Waals surface area contributed by atoms with Gasteiger partial charge in [-0.2, -0.15) is 0 Å². The highest BCUT2D eigenvalue weighted by Crippen LogP contribution is 2.18. The molecule has 102 valence electrons. The molecule has 2 rings (SSSR count). The summed E-state index contributed by atoms with van der Waals surface area (Å²) in [7, 11) is -3.17. The van der Waals surface area contributed by atoms with Gasteiger partial charge in [0.15, 0.2) is 0 Å². The fraction of sp³-hybridized carbons (Fsp3) is 0.667. The van der Waals surface area contributed by atoms with Gasteiger partial charge in [0, 0.05) is 11.4 Å². The van der Waals surface area contributed by atoms with Crippen LogP contribution < -0.4 is 10.0 Å². The summed E-state index contributed by atoms with van der Waals surface area (Å²) in [6.45, 7) is 4.12. The fourth-order valence-electron chi connectivity index (χ4n) is 2.23. The molecule has 2 N–H and O–H groups in total. The number of rotatable bonds is 5. The Morgan fingerprint density at radius 3 is 2.83 bits per heavy atom. The lowest BCUT2D eigenvalue weighted by atomic mass is 10.2. The van der Waals surface area contributed by atoms with Crippen LogP contribution in [-0.4, -0.2) is 26.8 Å². The molecule has 0 aromatic carbocycles. The topological polar surface area (TPSA) is 58.2 Å². The van der Waals surface area contributed by atoms with Crippen LogP contribution in [0.1, 0.15) is 30.2 Å². The SMILES string of the molecule is CCc1ccsc1CNS(=O)(=O)C1CCNCC1. The zero-order valence-electron chi connectivity index (χ0n) is 10.6. The molecule has 0 unspecified atom stereocenters. The average Bonchev–Trinajstić information content (AvgIpc) is 2.85. The lowest BCUT2D eigenvalue weighted by molar-refractivity contribution is 0.489. The molecule has 1 aromatic rings. The van der Waals surface area contributed by atoms with Crippen molar-refractivity contribution in [2.75, 3.05) is 13.1 Å². The Morgan fingerprint density at radius 1 is 1.44 bits per heavy atom. The van der Waals surface area contributed by atoms with Crippen LogP contribution in [0.4, 0.5) is 0 Å². The third-order valence-corrected chi connectivity index (χ3v) is 6.24. The summed E-state index contributed by atoms with van der Waals surface area (Å²) in [5, 5.41) is 4.97. The molecule has 0 amide bonds. The van der Waals surface area contributed by atoms with Crippen molar-refractivity contribution < 1.29 is 8.42 Å². The van der Waals surface area contributed by atoms with Crippen molar-refractivity contribution in [1.82, 2.24) is 10.0 Å². The van der Waals surface area contributed by atoms with Gasteiger partial charge in [-0.05, 0) is 49.4 Å². The van der Waals surface area contributed by atoms with Gasteiger partial charge in [0.1, 0.15) is 0 Å². The van der Waals surface area contributed by atoms with Crippen LogP contribution in [0.25, 0.3) is 0 Å². The van der Waals surface area contributed by atoms with E-state index >= 15 is 0 Å². The second-order valence-electron chi connectivity index (χ2n) is 4.54. The first-order valence-corrected chi connectivity index (χ1v) is 8.80. The number of sulfonamides is 1. The van der Waals surface area contributed by atoms with Crippen molar-refractivity contribution in [3.63, 3.8) is 0 Å². The minimum atomic E-state index is -3.17. The van der Waals surface area contributed by atoms with Crippen molar-refractivity contribution in [3.05, 3.63) is 21.9 Å². The van der Waals surface area contributed by atoms with Gasteiger partial charge in [0.05, 0.1) is 5.25 Å². The maximum absolute atomic E-state index is 12.1. The molecule has 0 spiro atoms. The summed E-state index contributed by atoms with van der Waals surface area (Å²) in [5.74, 6) is 0. The van der Waals surface area contributed by atoms with Crippen molar-refractivity contribution in [2.24, 2.45) is 0 Å².